The summed E-state index contributed by atoms with van der Waals surface area (Å²) in [5, 5.41) is 3.95. The van der Waals surface area contributed by atoms with Crippen molar-refractivity contribution < 1.29 is 4.74 Å². The molecule has 82 valence electrons. The molecule has 3 heteroatoms. The summed E-state index contributed by atoms with van der Waals surface area (Å²) in [5.74, 6) is 0.714. The lowest BCUT2D eigenvalue weighted by Crippen LogP contribution is -2.13. The van der Waals surface area contributed by atoms with E-state index in [2.05, 4.69) is 11.9 Å². The number of methoxy groups -OCH3 is 1. The van der Waals surface area contributed by atoms with Gasteiger partial charge in [-0.25, -0.2) is 0 Å². The maximum Gasteiger partial charge on any atom is 0.137 e. The van der Waals surface area contributed by atoms with Crippen molar-refractivity contribution in [2.75, 3.05) is 13.7 Å². The second kappa shape index (κ2) is 6.49. The molecule has 15 heavy (non-hydrogen) atoms. The predicted molar refractivity (Wildman–Crippen MR) is 64.5 cm³/mol. The van der Waals surface area contributed by atoms with Gasteiger partial charge in [-0.3, -0.25) is 0 Å². The Hall–Kier alpha value is -0.990. The molecular formula is C12H16ClNO. The molecule has 1 rings (SSSR count). The highest BCUT2D eigenvalue weighted by Gasteiger charge is 2.00. The summed E-state index contributed by atoms with van der Waals surface area (Å²) < 4.78 is 5.08. The van der Waals surface area contributed by atoms with Crippen molar-refractivity contribution >= 4 is 11.6 Å². The van der Waals surface area contributed by atoms with Crippen molar-refractivity contribution in [2.24, 2.45) is 0 Å². The second-order valence-electron chi connectivity index (χ2n) is 3.22. The van der Waals surface area contributed by atoms with Crippen LogP contribution in [0.5, 0.6) is 5.75 Å². The Labute approximate surface area is 95.9 Å². The van der Waals surface area contributed by atoms with Crippen LogP contribution in [-0.4, -0.2) is 13.7 Å². The van der Waals surface area contributed by atoms with E-state index in [0.717, 1.165) is 25.1 Å². The van der Waals surface area contributed by atoms with E-state index in [-0.39, 0.29) is 0 Å². The van der Waals surface area contributed by atoms with Gasteiger partial charge < -0.3 is 10.1 Å². The highest BCUT2D eigenvalue weighted by atomic mass is 35.5. The van der Waals surface area contributed by atoms with Gasteiger partial charge in [0.1, 0.15) is 5.75 Å². The maximum absolute atomic E-state index is 6.00. The summed E-state index contributed by atoms with van der Waals surface area (Å²) in [5.41, 5.74) is 1.16. The van der Waals surface area contributed by atoms with Gasteiger partial charge in [0.25, 0.3) is 0 Å². The minimum atomic E-state index is 0.653. The SMILES string of the molecule is C=CCCNCc1ccc(OC)c(Cl)c1. The van der Waals surface area contributed by atoms with Crippen molar-refractivity contribution in [3.63, 3.8) is 0 Å². The van der Waals surface area contributed by atoms with Gasteiger partial charge in [-0.2, -0.15) is 0 Å². The molecule has 0 aliphatic carbocycles. The van der Waals surface area contributed by atoms with E-state index in [9.17, 15) is 0 Å². The number of benzene rings is 1. The molecule has 0 aliphatic heterocycles. The van der Waals surface area contributed by atoms with Crippen LogP contribution in [-0.2, 0) is 6.54 Å². The molecule has 0 bridgehead atoms. The average molecular weight is 226 g/mol. The number of hydrogen-bond acceptors (Lipinski definition) is 2. The molecule has 0 unspecified atom stereocenters. The van der Waals surface area contributed by atoms with E-state index < -0.39 is 0 Å². The van der Waals surface area contributed by atoms with Crippen LogP contribution in [0.3, 0.4) is 0 Å². The van der Waals surface area contributed by atoms with Crippen LogP contribution in [0.2, 0.25) is 5.02 Å². The monoisotopic (exact) mass is 225 g/mol. The van der Waals surface area contributed by atoms with Gasteiger partial charge in [-0.05, 0) is 30.7 Å². The van der Waals surface area contributed by atoms with Gasteiger partial charge in [0.15, 0.2) is 0 Å². The minimum absolute atomic E-state index is 0.653. The number of hydrogen-bond donors (Lipinski definition) is 1. The van der Waals surface area contributed by atoms with E-state index in [1.807, 2.05) is 24.3 Å². The Balaban J connectivity index is 2.48. The molecule has 1 N–H and O–H groups in total. The largest absolute Gasteiger partial charge is 0.495 e. The van der Waals surface area contributed by atoms with Gasteiger partial charge in [-0.1, -0.05) is 23.7 Å². The van der Waals surface area contributed by atoms with Crippen LogP contribution in [0.15, 0.2) is 30.9 Å². The Morgan fingerprint density at radius 1 is 1.53 bits per heavy atom. The fourth-order valence-electron chi connectivity index (χ4n) is 1.26. The first-order valence-corrected chi connectivity index (χ1v) is 5.29. The zero-order valence-electron chi connectivity index (χ0n) is 8.92. The Morgan fingerprint density at radius 3 is 2.93 bits per heavy atom. The molecule has 0 atom stereocenters. The van der Waals surface area contributed by atoms with E-state index in [1.54, 1.807) is 7.11 Å². The third-order valence-corrected chi connectivity index (χ3v) is 2.37. The summed E-state index contributed by atoms with van der Waals surface area (Å²) in [6.45, 7) is 5.42. The van der Waals surface area contributed by atoms with Gasteiger partial charge in [0.2, 0.25) is 0 Å². The van der Waals surface area contributed by atoms with Crippen LogP contribution >= 0.6 is 11.6 Å². The normalized spacial score (nSPS) is 10.0. The van der Waals surface area contributed by atoms with Crippen molar-refractivity contribution in [3.05, 3.63) is 41.4 Å². The summed E-state index contributed by atoms with van der Waals surface area (Å²) in [4.78, 5) is 0. The van der Waals surface area contributed by atoms with Gasteiger partial charge in [0, 0.05) is 6.54 Å². The molecular weight excluding hydrogens is 210 g/mol. The zero-order valence-corrected chi connectivity index (χ0v) is 9.68. The lowest BCUT2D eigenvalue weighted by atomic mass is 10.2. The summed E-state index contributed by atoms with van der Waals surface area (Å²) in [6.07, 6.45) is 2.87. The molecule has 2 nitrogen and oxygen atoms in total. The van der Waals surface area contributed by atoms with Crippen molar-refractivity contribution in [1.82, 2.24) is 5.32 Å². The molecule has 1 aromatic carbocycles. The van der Waals surface area contributed by atoms with Crippen LogP contribution in [0, 0.1) is 0 Å². The molecule has 0 radical (unpaired) electrons. The summed E-state index contributed by atoms with van der Waals surface area (Å²) >= 11 is 6.00. The predicted octanol–water partition coefficient (Wildman–Crippen LogP) is 3.01. The first-order chi connectivity index (χ1) is 7.27. The Morgan fingerprint density at radius 2 is 2.33 bits per heavy atom. The van der Waals surface area contributed by atoms with E-state index in [0.29, 0.717) is 10.8 Å². The van der Waals surface area contributed by atoms with Gasteiger partial charge >= 0.3 is 0 Å². The van der Waals surface area contributed by atoms with Crippen LogP contribution in [0.25, 0.3) is 0 Å². The molecule has 0 amide bonds. The molecule has 0 saturated carbocycles. The van der Waals surface area contributed by atoms with Crippen molar-refractivity contribution in [1.29, 1.82) is 0 Å². The zero-order chi connectivity index (χ0) is 11.1. The van der Waals surface area contributed by atoms with E-state index in [1.165, 1.54) is 0 Å². The average Bonchev–Trinajstić information content (AvgIpc) is 2.25. The highest BCUT2D eigenvalue weighted by Crippen LogP contribution is 2.24. The van der Waals surface area contributed by atoms with Crippen LogP contribution in [0.4, 0.5) is 0 Å². The van der Waals surface area contributed by atoms with Crippen molar-refractivity contribution in [3.8, 4) is 5.75 Å². The second-order valence-corrected chi connectivity index (χ2v) is 3.63. The fraction of sp³-hybridized carbons (Fsp3) is 0.333. The topological polar surface area (TPSA) is 21.3 Å². The highest BCUT2D eigenvalue weighted by molar-refractivity contribution is 6.32. The third kappa shape index (κ3) is 3.94. The number of rotatable bonds is 6. The van der Waals surface area contributed by atoms with Gasteiger partial charge in [-0.15, -0.1) is 6.58 Å². The molecule has 0 fully saturated rings. The van der Waals surface area contributed by atoms with Crippen LogP contribution < -0.4 is 10.1 Å². The van der Waals surface area contributed by atoms with E-state index >= 15 is 0 Å². The van der Waals surface area contributed by atoms with E-state index in [4.69, 9.17) is 16.3 Å². The lowest BCUT2D eigenvalue weighted by Gasteiger charge is -2.06. The molecule has 0 heterocycles. The standard InChI is InChI=1S/C12H16ClNO/c1-3-4-7-14-9-10-5-6-12(15-2)11(13)8-10/h3,5-6,8,14H,1,4,7,9H2,2H3. The van der Waals surface area contributed by atoms with Gasteiger partial charge in [0.05, 0.1) is 12.1 Å². The Kier molecular flexibility index (Phi) is 5.22. The number of ether oxygens (including phenoxy) is 1. The first kappa shape index (κ1) is 12.1. The number of halogens is 1. The smallest absolute Gasteiger partial charge is 0.137 e. The summed E-state index contributed by atoms with van der Waals surface area (Å²) in [7, 11) is 1.61. The lowest BCUT2D eigenvalue weighted by molar-refractivity contribution is 0.415. The summed E-state index contributed by atoms with van der Waals surface area (Å²) in [6, 6.07) is 5.81. The molecule has 0 aromatic heterocycles. The minimum Gasteiger partial charge on any atom is -0.495 e. The molecule has 0 saturated heterocycles. The van der Waals surface area contributed by atoms with Crippen LogP contribution in [0.1, 0.15) is 12.0 Å². The first-order valence-electron chi connectivity index (χ1n) is 4.92. The molecule has 0 spiro atoms. The fourth-order valence-corrected chi connectivity index (χ4v) is 1.54. The molecule has 1 aromatic rings. The Bertz CT molecular complexity index is 325. The van der Waals surface area contributed by atoms with Crippen molar-refractivity contribution in [2.45, 2.75) is 13.0 Å². The quantitative estimate of drug-likeness (QED) is 0.594. The maximum atomic E-state index is 6.00. The third-order valence-electron chi connectivity index (χ3n) is 2.07. The molecule has 0 aliphatic rings. The number of nitrogens with one attached hydrogen (secondary N) is 1.